The van der Waals surface area contributed by atoms with Gasteiger partial charge in [-0.15, -0.1) is 0 Å². The monoisotopic (exact) mass is 269 g/mol. The Morgan fingerprint density at radius 1 is 1.35 bits per heavy atom. The van der Waals surface area contributed by atoms with Crippen molar-refractivity contribution >= 4 is 22.7 Å². The summed E-state index contributed by atoms with van der Waals surface area (Å²) in [5, 5.41) is 3.58. The molecule has 1 saturated heterocycles. The van der Waals surface area contributed by atoms with Gasteiger partial charge in [0, 0.05) is 24.7 Å². The minimum Gasteiger partial charge on any atom is -0.353 e. The van der Waals surface area contributed by atoms with Crippen LogP contribution in [-0.2, 0) is 4.79 Å². The Bertz CT molecular complexity index is 678. The molecular formula is C15H15N3O2. The zero-order valence-corrected chi connectivity index (χ0v) is 11.2. The van der Waals surface area contributed by atoms with Crippen molar-refractivity contribution in [1.82, 2.24) is 15.2 Å². The Kier molecular flexibility index (Phi) is 3.10. The topological polar surface area (TPSA) is 62.3 Å². The van der Waals surface area contributed by atoms with Crippen LogP contribution in [0, 0.1) is 0 Å². The van der Waals surface area contributed by atoms with Crippen molar-refractivity contribution in [2.24, 2.45) is 0 Å². The summed E-state index contributed by atoms with van der Waals surface area (Å²) in [7, 11) is 0. The van der Waals surface area contributed by atoms with Crippen LogP contribution >= 0.6 is 0 Å². The van der Waals surface area contributed by atoms with Crippen molar-refractivity contribution in [1.29, 1.82) is 0 Å². The van der Waals surface area contributed by atoms with Gasteiger partial charge in [-0.05, 0) is 19.1 Å². The second-order valence-corrected chi connectivity index (χ2v) is 4.84. The largest absolute Gasteiger partial charge is 0.353 e. The highest BCUT2D eigenvalue weighted by molar-refractivity contribution is 6.07. The number of fused-ring (bicyclic) bond motifs is 1. The van der Waals surface area contributed by atoms with E-state index < -0.39 is 6.04 Å². The Morgan fingerprint density at radius 2 is 2.15 bits per heavy atom. The predicted octanol–water partition coefficient (Wildman–Crippen LogP) is 1.20. The average molecular weight is 269 g/mol. The Balaban J connectivity index is 2.02. The molecule has 0 aliphatic carbocycles. The molecule has 3 rings (SSSR count). The van der Waals surface area contributed by atoms with E-state index in [1.807, 2.05) is 24.3 Å². The lowest BCUT2D eigenvalue weighted by Gasteiger charge is -2.33. The molecule has 1 atom stereocenters. The fourth-order valence-corrected chi connectivity index (χ4v) is 2.50. The zero-order chi connectivity index (χ0) is 14.1. The van der Waals surface area contributed by atoms with Gasteiger partial charge in [0.05, 0.1) is 11.1 Å². The molecule has 0 bridgehead atoms. The van der Waals surface area contributed by atoms with E-state index in [4.69, 9.17) is 0 Å². The second kappa shape index (κ2) is 4.92. The van der Waals surface area contributed by atoms with Crippen molar-refractivity contribution < 1.29 is 9.59 Å². The molecule has 1 N–H and O–H groups in total. The fraction of sp³-hybridized carbons (Fsp3) is 0.267. The average Bonchev–Trinajstić information content (AvgIpc) is 2.49. The molecule has 0 spiro atoms. The van der Waals surface area contributed by atoms with Crippen molar-refractivity contribution in [3.05, 3.63) is 42.1 Å². The number of rotatable bonds is 1. The number of aromatic nitrogens is 1. The molecule has 102 valence electrons. The smallest absolute Gasteiger partial charge is 0.255 e. The van der Waals surface area contributed by atoms with Crippen molar-refractivity contribution in [2.75, 3.05) is 13.1 Å². The molecular weight excluding hydrogens is 254 g/mol. The molecule has 1 fully saturated rings. The van der Waals surface area contributed by atoms with Crippen LogP contribution in [0.3, 0.4) is 0 Å². The molecule has 5 heteroatoms. The van der Waals surface area contributed by atoms with Crippen molar-refractivity contribution in [3.8, 4) is 0 Å². The summed E-state index contributed by atoms with van der Waals surface area (Å²) < 4.78 is 0. The quantitative estimate of drug-likeness (QED) is 0.846. The molecule has 20 heavy (non-hydrogen) atoms. The first kappa shape index (κ1) is 12.6. The summed E-state index contributed by atoms with van der Waals surface area (Å²) >= 11 is 0. The number of nitrogens with one attached hydrogen (secondary N) is 1. The highest BCUT2D eigenvalue weighted by Gasteiger charge is 2.30. The number of piperazine rings is 1. The molecule has 1 aliphatic rings. The standard InChI is InChI=1S/C15H15N3O2/c1-10-14(19)17-8-9-18(10)15(20)12-6-7-16-13-5-3-2-4-11(12)13/h2-7,10H,8-9H2,1H3,(H,17,19). The Morgan fingerprint density at radius 3 is 3.00 bits per heavy atom. The van der Waals surface area contributed by atoms with Crippen molar-refractivity contribution in [3.63, 3.8) is 0 Å². The summed E-state index contributed by atoms with van der Waals surface area (Å²) in [6.45, 7) is 2.77. The van der Waals surface area contributed by atoms with Gasteiger partial charge in [-0.25, -0.2) is 0 Å². The highest BCUT2D eigenvalue weighted by Crippen LogP contribution is 2.19. The maximum absolute atomic E-state index is 12.7. The Labute approximate surface area is 116 Å². The van der Waals surface area contributed by atoms with Crippen LogP contribution in [0.2, 0.25) is 0 Å². The second-order valence-electron chi connectivity index (χ2n) is 4.84. The molecule has 0 radical (unpaired) electrons. The minimum absolute atomic E-state index is 0.108. The number of pyridine rings is 1. The summed E-state index contributed by atoms with van der Waals surface area (Å²) in [6.07, 6.45) is 1.63. The number of carbonyl (C=O) groups is 2. The van der Waals surface area contributed by atoms with Gasteiger partial charge in [0.15, 0.2) is 0 Å². The maximum Gasteiger partial charge on any atom is 0.255 e. The van der Waals surface area contributed by atoms with E-state index in [1.165, 1.54) is 0 Å². The third kappa shape index (κ3) is 2.01. The van der Waals surface area contributed by atoms with E-state index in [0.717, 1.165) is 10.9 Å². The van der Waals surface area contributed by atoms with E-state index in [2.05, 4.69) is 10.3 Å². The van der Waals surface area contributed by atoms with Gasteiger partial charge in [0.2, 0.25) is 5.91 Å². The summed E-state index contributed by atoms with van der Waals surface area (Å²) in [5.41, 5.74) is 1.38. The lowest BCUT2D eigenvalue weighted by molar-refractivity contribution is -0.127. The third-order valence-corrected chi connectivity index (χ3v) is 3.64. The number of benzene rings is 1. The first-order chi connectivity index (χ1) is 9.68. The summed E-state index contributed by atoms with van der Waals surface area (Å²) in [4.78, 5) is 30.2. The number of carbonyl (C=O) groups excluding carboxylic acids is 2. The van der Waals surface area contributed by atoms with Crippen LogP contribution in [0.25, 0.3) is 10.9 Å². The van der Waals surface area contributed by atoms with E-state index in [1.54, 1.807) is 24.1 Å². The number of para-hydroxylation sites is 1. The molecule has 2 heterocycles. The van der Waals surface area contributed by atoms with Gasteiger partial charge in [-0.2, -0.15) is 0 Å². The van der Waals surface area contributed by atoms with Gasteiger partial charge >= 0.3 is 0 Å². The highest BCUT2D eigenvalue weighted by atomic mass is 16.2. The van der Waals surface area contributed by atoms with Crippen molar-refractivity contribution in [2.45, 2.75) is 13.0 Å². The number of hydrogen-bond donors (Lipinski definition) is 1. The molecule has 1 aromatic heterocycles. The SMILES string of the molecule is CC1C(=O)NCCN1C(=O)c1ccnc2ccccc12. The predicted molar refractivity (Wildman–Crippen MR) is 75.3 cm³/mol. The lowest BCUT2D eigenvalue weighted by Crippen LogP contribution is -2.55. The van der Waals surface area contributed by atoms with Crippen LogP contribution in [0.5, 0.6) is 0 Å². The third-order valence-electron chi connectivity index (χ3n) is 3.64. The summed E-state index contributed by atoms with van der Waals surface area (Å²) in [5.74, 6) is -0.228. The van der Waals surface area contributed by atoms with Crippen LogP contribution in [0.15, 0.2) is 36.5 Å². The maximum atomic E-state index is 12.7. The zero-order valence-electron chi connectivity index (χ0n) is 11.2. The summed E-state index contributed by atoms with van der Waals surface area (Å²) in [6, 6.07) is 8.79. The molecule has 5 nitrogen and oxygen atoms in total. The fourth-order valence-electron chi connectivity index (χ4n) is 2.50. The van der Waals surface area contributed by atoms with Gasteiger partial charge in [-0.1, -0.05) is 18.2 Å². The lowest BCUT2D eigenvalue weighted by atomic mass is 10.1. The van der Waals surface area contributed by atoms with E-state index in [-0.39, 0.29) is 11.8 Å². The normalized spacial score (nSPS) is 18.9. The van der Waals surface area contributed by atoms with Gasteiger partial charge in [0.25, 0.3) is 5.91 Å². The van der Waals surface area contributed by atoms with Crippen LogP contribution < -0.4 is 5.32 Å². The molecule has 2 amide bonds. The molecule has 0 saturated carbocycles. The van der Waals surface area contributed by atoms with Crippen LogP contribution in [-0.4, -0.2) is 40.8 Å². The minimum atomic E-state index is -0.442. The van der Waals surface area contributed by atoms with Gasteiger partial charge in [0.1, 0.15) is 6.04 Å². The Hall–Kier alpha value is -2.43. The first-order valence-corrected chi connectivity index (χ1v) is 6.61. The number of amides is 2. The van der Waals surface area contributed by atoms with Crippen LogP contribution in [0.1, 0.15) is 17.3 Å². The first-order valence-electron chi connectivity index (χ1n) is 6.61. The molecule has 1 aromatic carbocycles. The van der Waals surface area contributed by atoms with Crippen LogP contribution in [0.4, 0.5) is 0 Å². The van der Waals surface area contributed by atoms with Gasteiger partial charge < -0.3 is 10.2 Å². The molecule has 1 aliphatic heterocycles. The van der Waals surface area contributed by atoms with E-state index >= 15 is 0 Å². The number of hydrogen-bond acceptors (Lipinski definition) is 3. The van der Waals surface area contributed by atoms with Gasteiger partial charge in [-0.3, -0.25) is 14.6 Å². The van der Waals surface area contributed by atoms with E-state index in [9.17, 15) is 9.59 Å². The number of nitrogens with zero attached hydrogens (tertiary/aromatic N) is 2. The van der Waals surface area contributed by atoms with E-state index in [0.29, 0.717) is 18.7 Å². The molecule has 2 aromatic rings. The molecule has 1 unspecified atom stereocenters.